The predicted octanol–water partition coefficient (Wildman–Crippen LogP) is 6.11. The van der Waals surface area contributed by atoms with E-state index in [0.717, 1.165) is 32.5 Å². The van der Waals surface area contributed by atoms with Gasteiger partial charge in [0.05, 0.1) is 17.2 Å². The van der Waals surface area contributed by atoms with Gasteiger partial charge in [0.15, 0.2) is 0 Å². The number of carbonyl (C=O) groups excluding carboxylic acids is 1. The maximum Gasteiger partial charge on any atom is 0.343 e. The highest BCUT2D eigenvalue weighted by Crippen LogP contribution is 2.31. The molecule has 28 heavy (non-hydrogen) atoms. The van der Waals surface area contributed by atoms with E-state index < -0.39 is 0 Å². The van der Waals surface area contributed by atoms with E-state index in [4.69, 9.17) is 9.47 Å². The van der Waals surface area contributed by atoms with Crippen LogP contribution in [0.1, 0.15) is 11.1 Å². The lowest BCUT2D eigenvalue weighted by atomic mass is 10.0. The van der Waals surface area contributed by atoms with Crippen LogP contribution in [0.15, 0.2) is 88.9 Å². The first kappa shape index (κ1) is 18.3. The number of hydrogen-bond donors (Lipinski definition) is 0. The number of methoxy groups -OCH3 is 1. The van der Waals surface area contributed by atoms with E-state index in [-0.39, 0.29) is 5.97 Å². The summed E-state index contributed by atoms with van der Waals surface area (Å²) in [6.07, 6.45) is 3.58. The van der Waals surface area contributed by atoms with Gasteiger partial charge in [-0.3, -0.25) is 0 Å². The second-order valence-electron chi connectivity index (χ2n) is 6.34. The average molecular weight is 433 g/mol. The Morgan fingerprint density at radius 2 is 1.57 bits per heavy atom. The molecule has 0 radical (unpaired) electrons. The predicted molar refractivity (Wildman–Crippen MR) is 115 cm³/mol. The van der Waals surface area contributed by atoms with Crippen molar-refractivity contribution in [2.24, 2.45) is 0 Å². The zero-order valence-electron chi connectivity index (χ0n) is 15.2. The fraction of sp³-hybridized carbons (Fsp3) is 0.0417. The van der Waals surface area contributed by atoms with Gasteiger partial charge in [0.1, 0.15) is 11.5 Å². The van der Waals surface area contributed by atoms with E-state index in [9.17, 15) is 4.79 Å². The molecule has 1 aliphatic heterocycles. The Bertz CT molecular complexity index is 1080. The Morgan fingerprint density at radius 3 is 2.25 bits per heavy atom. The molecule has 0 bridgehead atoms. The van der Waals surface area contributed by atoms with Crippen molar-refractivity contribution >= 4 is 33.7 Å². The smallest absolute Gasteiger partial charge is 0.343 e. The van der Waals surface area contributed by atoms with Crippen LogP contribution in [0.4, 0.5) is 0 Å². The molecular formula is C24H17BrO3. The van der Waals surface area contributed by atoms with Gasteiger partial charge >= 0.3 is 5.97 Å². The first-order chi connectivity index (χ1) is 13.6. The fourth-order valence-electron chi connectivity index (χ4n) is 3.04. The molecule has 0 aromatic heterocycles. The van der Waals surface area contributed by atoms with Gasteiger partial charge in [-0.25, -0.2) is 4.79 Å². The largest absolute Gasteiger partial charge is 0.496 e. The van der Waals surface area contributed by atoms with E-state index >= 15 is 0 Å². The SMILES string of the molecule is COc1ccc(C=C2C=C(c3ccc(-c4ccccc4)cc3)OC2=O)cc1Br. The molecule has 0 spiro atoms. The van der Waals surface area contributed by atoms with Gasteiger partial charge in [0.2, 0.25) is 0 Å². The van der Waals surface area contributed by atoms with E-state index in [0.29, 0.717) is 11.3 Å². The lowest BCUT2D eigenvalue weighted by molar-refractivity contribution is -0.130. The average Bonchev–Trinajstić information content (AvgIpc) is 3.09. The number of cyclic esters (lactones) is 1. The van der Waals surface area contributed by atoms with Gasteiger partial charge in [0.25, 0.3) is 0 Å². The minimum Gasteiger partial charge on any atom is -0.496 e. The monoisotopic (exact) mass is 432 g/mol. The number of rotatable bonds is 4. The van der Waals surface area contributed by atoms with Crippen LogP contribution in [0.3, 0.4) is 0 Å². The Kier molecular flexibility index (Phi) is 5.13. The lowest BCUT2D eigenvalue weighted by Gasteiger charge is -2.05. The summed E-state index contributed by atoms with van der Waals surface area (Å²) >= 11 is 3.46. The van der Waals surface area contributed by atoms with Crippen molar-refractivity contribution in [3.63, 3.8) is 0 Å². The zero-order valence-corrected chi connectivity index (χ0v) is 16.8. The Morgan fingerprint density at radius 1 is 0.893 bits per heavy atom. The summed E-state index contributed by atoms with van der Waals surface area (Å²) in [4.78, 5) is 12.3. The third-order valence-corrected chi connectivity index (χ3v) is 5.12. The maximum atomic E-state index is 12.3. The number of ether oxygens (including phenoxy) is 2. The second-order valence-corrected chi connectivity index (χ2v) is 7.19. The van der Waals surface area contributed by atoms with Crippen LogP contribution in [-0.2, 0) is 9.53 Å². The molecule has 1 aliphatic rings. The molecule has 0 unspecified atom stereocenters. The molecule has 0 amide bonds. The van der Waals surface area contributed by atoms with Crippen molar-refractivity contribution in [2.75, 3.05) is 7.11 Å². The number of benzene rings is 3. The Balaban J connectivity index is 1.59. The topological polar surface area (TPSA) is 35.5 Å². The summed E-state index contributed by atoms with van der Waals surface area (Å²) in [5, 5.41) is 0. The van der Waals surface area contributed by atoms with Crippen LogP contribution < -0.4 is 4.74 Å². The second kappa shape index (κ2) is 7.87. The van der Waals surface area contributed by atoms with E-state index in [1.165, 1.54) is 0 Å². The molecule has 4 heteroatoms. The minimum atomic E-state index is -0.353. The summed E-state index contributed by atoms with van der Waals surface area (Å²) < 4.78 is 11.5. The number of esters is 1. The Labute approximate surface area is 172 Å². The quantitative estimate of drug-likeness (QED) is 0.368. The molecule has 3 aromatic carbocycles. The van der Waals surface area contributed by atoms with Crippen molar-refractivity contribution in [3.05, 3.63) is 100 Å². The van der Waals surface area contributed by atoms with Gasteiger partial charge in [-0.1, -0.05) is 60.7 Å². The summed E-state index contributed by atoms with van der Waals surface area (Å²) in [5.41, 5.74) is 4.54. The molecule has 0 saturated heterocycles. The van der Waals surface area contributed by atoms with E-state index in [2.05, 4.69) is 28.1 Å². The molecule has 3 nitrogen and oxygen atoms in total. The van der Waals surface area contributed by atoms with Gasteiger partial charge in [-0.15, -0.1) is 0 Å². The van der Waals surface area contributed by atoms with E-state index in [1.54, 1.807) is 19.3 Å². The molecule has 138 valence electrons. The molecule has 0 aliphatic carbocycles. The van der Waals surface area contributed by atoms with Crippen LogP contribution in [0.5, 0.6) is 5.75 Å². The number of halogens is 1. The highest BCUT2D eigenvalue weighted by Gasteiger charge is 2.22. The van der Waals surface area contributed by atoms with Gasteiger partial charge in [0, 0.05) is 5.56 Å². The molecule has 0 N–H and O–H groups in total. The molecule has 3 aromatic rings. The van der Waals surface area contributed by atoms with Crippen LogP contribution in [0.2, 0.25) is 0 Å². The first-order valence-corrected chi connectivity index (χ1v) is 9.58. The van der Waals surface area contributed by atoms with Crippen molar-refractivity contribution in [1.29, 1.82) is 0 Å². The molecule has 0 saturated carbocycles. The molecule has 0 fully saturated rings. The maximum absolute atomic E-state index is 12.3. The molecule has 1 heterocycles. The van der Waals surface area contributed by atoms with Gasteiger partial charge < -0.3 is 9.47 Å². The molecule has 4 rings (SSSR count). The standard InChI is InChI=1S/C24H17BrO3/c1-27-22-12-7-16(14-21(22)25)13-20-15-23(28-24(20)26)19-10-8-18(9-11-19)17-5-3-2-4-6-17/h2-15H,1H3. The van der Waals surface area contributed by atoms with Crippen LogP contribution in [-0.4, -0.2) is 13.1 Å². The van der Waals surface area contributed by atoms with E-state index in [1.807, 2.05) is 60.7 Å². The number of carbonyl (C=O) groups is 1. The number of hydrogen-bond acceptors (Lipinski definition) is 3. The molecular weight excluding hydrogens is 416 g/mol. The first-order valence-electron chi connectivity index (χ1n) is 8.79. The van der Waals surface area contributed by atoms with Gasteiger partial charge in [-0.2, -0.15) is 0 Å². The van der Waals surface area contributed by atoms with Crippen LogP contribution in [0.25, 0.3) is 23.0 Å². The summed E-state index contributed by atoms with van der Waals surface area (Å²) in [7, 11) is 1.62. The zero-order chi connectivity index (χ0) is 19.5. The molecule has 0 atom stereocenters. The third kappa shape index (κ3) is 3.78. The van der Waals surface area contributed by atoms with Gasteiger partial charge in [-0.05, 0) is 56.9 Å². The summed E-state index contributed by atoms with van der Waals surface area (Å²) in [6.45, 7) is 0. The Hall–Kier alpha value is -3.11. The summed E-state index contributed by atoms with van der Waals surface area (Å²) in [5.74, 6) is 0.948. The highest BCUT2D eigenvalue weighted by atomic mass is 79.9. The van der Waals surface area contributed by atoms with Crippen molar-refractivity contribution in [3.8, 4) is 16.9 Å². The van der Waals surface area contributed by atoms with Crippen LogP contribution >= 0.6 is 15.9 Å². The minimum absolute atomic E-state index is 0.353. The third-order valence-electron chi connectivity index (χ3n) is 4.50. The fourth-order valence-corrected chi connectivity index (χ4v) is 3.60. The lowest BCUT2D eigenvalue weighted by Crippen LogP contribution is -1.97. The van der Waals surface area contributed by atoms with Crippen molar-refractivity contribution in [1.82, 2.24) is 0 Å². The highest BCUT2D eigenvalue weighted by molar-refractivity contribution is 9.10. The summed E-state index contributed by atoms with van der Waals surface area (Å²) in [6, 6.07) is 23.8. The van der Waals surface area contributed by atoms with Crippen molar-refractivity contribution in [2.45, 2.75) is 0 Å². The normalized spacial score (nSPS) is 14.7. The van der Waals surface area contributed by atoms with Crippen LogP contribution in [0, 0.1) is 0 Å². The van der Waals surface area contributed by atoms with Crippen molar-refractivity contribution < 1.29 is 14.3 Å².